The first-order valence-electron chi connectivity index (χ1n) is 6.03. The van der Waals surface area contributed by atoms with E-state index in [0.29, 0.717) is 5.56 Å². The van der Waals surface area contributed by atoms with Gasteiger partial charge in [0.1, 0.15) is 6.10 Å². The first-order chi connectivity index (χ1) is 8.83. The van der Waals surface area contributed by atoms with E-state index in [2.05, 4.69) is 4.98 Å². The minimum atomic E-state index is -0.234. The predicted molar refractivity (Wildman–Crippen MR) is 71.0 cm³/mol. The van der Waals surface area contributed by atoms with Crippen LogP contribution in [0.3, 0.4) is 0 Å². The molecule has 1 aliphatic rings. The summed E-state index contributed by atoms with van der Waals surface area (Å²) in [6.45, 7) is 0. The molecule has 0 saturated carbocycles. The van der Waals surface area contributed by atoms with Gasteiger partial charge in [-0.3, -0.25) is 0 Å². The second-order valence-electron chi connectivity index (χ2n) is 4.36. The van der Waals surface area contributed by atoms with Crippen LogP contribution in [0.5, 0.6) is 0 Å². The van der Waals surface area contributed by atoms with Gasteiger partial charge in [-0.05, 0) is 36.5 Å². The second-order valence-corrected chi connectivity index (χ2v) is 5.59. The largest absolute Gasteiger partial charge is 0.459 e. The summed E-state index contributed by atoms with van der Waals surface area (Å²) in [6.07, 6.45) is 7.21. The van der Waals surface area contributed by atoms with Crippen LogP contribution in [-0.4, -0.2) is 33.0 Å². The molecule has 0 N–H and O–H groups in total. The van der Waals surface area contributed by atoms with E-state index in [1.807, 2.05) is 22.2 Å². The molecule has 0 bridgehead atoms. The van der Waals surface area contributed by atoms with Crippen molar-refractivity contribution in [3.63, 3.8) is 0 Å². The van der Waals surface area contributed by atoms with Gasteiger partial charge in [0.2, 0.25) is 0 Å². The first kappa shape index (κ1) is 11.6. The van der Waals surface area contributed by atoms with E-state index >= 15 is 0 Å². The van der Waals surface area contributed by atoms with Gasteiger partial charge in [-0.15, -0.1) is 0 Å². The van der Waals surface area contributed by atoms with Gasteiger partial charge in [0.05, 0.1) is 23.6 Å². The van der Waals surface area contributed by atoms with Crippen molar-refractivity contribution in [2.24, 2.45) is 0 Å². The molecule has 0 atom stereocenters. The number of hydrogen-bond acceptors (Lipinski definition) is 4. The Hall–Kier alpha value is -1.49. The van der Waals surface area contributed by atoms with Crippen LogP contribution in [0.1, 0.15) is 23.2 Å². The molecule has 5 heteroatoms. The Morgan fingerprint density at radius 3 is 3.06 bits per heavy atom. The number of carbonyl (C=O) groups excluding carboxylic acids is 1. The summed E-state index contributed by atoms with van der Waals surface area (Å²) in [5, 5.41) is 0. The van der Waals surface area contributed by atoms with Crippen LogP contribution >= 0.6 is 11.8 Å². The molecule has 4 nitrogen and oxygen atoms in total. The van der Waals surface area contributed by atoms with Crippen molar-refractivity contribution in [3.8, 4) is 0 Å². The fraction of sp³-hybridized carbons (Fsp3) is 0.385. The number of pyridine rings is 1. The average Bonchev–Trinajstić information content (AvgIpc) is 2.87. The van der Waals surface area contributed by atoms with Crippen LogP contribution in [0.15, 0.2) is 30.9 Å². The molecule has 1 fully saturated rings. The van der Waals surface area contributed by atoms with Crippen LogP contribution in [0.2, 0.25) is 0 Å². The molecular weight excluding hydrogens is 248 g/mol. The Balaban J connectivity index is 1.74. The minimum Gasteiger partial charge on any atom is -0.459 e. The first-order valence-corrected chi connectivity index (χ1v) is 7.19. The highest BCUT2D eigenvalue weighted by molar-refractivity contribution is 7.99. The summed E-state index contributed by atoms with van der Waals surface area (Å²) in [6, 6.07) is 3.66. The number of aromatic nitrogens is 2. The molecule has 0 aliphatic carbocycles. The van der Waals surface area contributed by atoms with Crippen LogP contribution in [0.4, 0.5) is 0 Å². The van der Waals surface area contributed by atoms with Crippen LogP contribution in [0, 0.1) is 0 Å². The average molecular weight is 262 g/mol. The molecule has 2 aromatic rings. The molecular formula is C13H14N2O2S. The number of rotatable bonds is 2. The normalized spacial score (nSPS) is 16.9. The smallest absolute Gasteiger partial charge is 0.339 e. The summed E-state index contributed by atoms with van der Waals surface area (Å²) in [4.78, 5) is 16.0. The lowest BCUT2D eigenvalue weighted by Crippen LogP contribution is -2.23. The van der Waals surface area contributed by atoms with E-state index in [1.54, 1.807) is 24.8 Å². The molecule has 94 valence electrons. The Labute approximate surface area is 109 Å². The second kappa shape index (κ2) is 5.02. The third-order valence-electron chi connectivity index (χ3n) is 3.09. The van der Waals surface area contributed by atoms with Gasteiger partial charge in [0, 0.05) is 6.20 Å². The zero-order valence-electron chi connectivity index (χ0n) is 9.91. The van der Waals surface area contributed by atoms with E-state index in [-0.39, 0.29) is 12.1 Å². The van der Waals surface area contributed by atoms with Crippen molar-refractivity contribution < 1.29 is 9.53 Å². The van der Waals surface area contributed by atoms with Crippen molar-refractivity contribution in [1.82, 2.24) is 9.38 Å². The van der Waals surface area contributed by atoms with Crippen LogP contribution < -0.4 is 0 Å². The minimum absolute atomic E-state index is 0.0808. The Bertz CT molecular complexity index is 561. The van der Waals surface area contributed by atoms with Gasteiger partial charge in [0.15, 0.2) is 0 Å². The Morgan fingerprint density at radius 2 is 2.22 bits per heavy atom. The van der Waals surface area contributed by atoms with Gasteiger partial charge in [-0.1, -0.05) is 0 Å². The maximum atomic E-state index is 12.0. The number of carbonyl (C=O) groups is 1. The number of hydrogen-bond donors (Lipinski definition) is 0. The summed E-state index contributed by atoms with van der Waals surface area (Å²) in [5.41, 5.74) is 1.55. The maximum Gasteiger partial charge on any atom is 0.339 e. The summed E-state index contributed by atoms with van der Waals surface area (Å²) >= 11 is 1.92. The van der Waals surface area contributed by atoms with E-state index in [4.69, 9.17) is 4.74 Å². The number of esters is 1. The third-order valence-corrected chi connectivity index (χ3v) is 4.13. The molecule has 1 saturated heterocycles. The van der Waals surface area contributed by atoms with Crippen LogP contribution in [0.25, 0.3) is 5.52 Å². The quantitative estimate of drug-likeness (QED) is 0.779. The summed E-state index contributed by atoms with van der Waals surface area (Å²) < 4.78 is 7.34. The van der Waals surface area contributed by atoms with Crippen molar-refractivity contribution in [2.75, 3.05) is 11.5 Å². The maximum absolute atomic E-state index is 12.0. The lowest BCUT2D eigenvalue weighted by molar-refractivity contribution is 0.0283. The molecule has 18 heavy (non-hydrogen) atoms. The topological polar surface area (TPSA) is 43.6 Å². The van der Waals surface area contributed by atoms with Crippen LogP contribution in [-0.2, 0) is 4.74 Å². The van der Waals surface area contributed by atoms with Gasteiger partial charge in [0.25, 0.3) is 0 Å². The van der Waals surface area contributed by atoms with Crippen molar-refractivity contribution in [2.45, 2.75) is 18.9 Å². The molecule has 0 aromatic carbocycles. The summed E-state index contributed by atoms with van der Waals surface area (Å²) in [7, 11) is 0. The third kappa shape index (κ3) is 2.36. The zero-order chi connectivity index (χ0) is 12.4. The van der Waals surface area contributed by atoms with E-state index in [9.17, 15) is 4.79 Å². The number of imidazole rings is 1. The lowest BCUT2D eigenvalue weighted by Gasteiger charge is -2.21. The molecule has 0 amide bonds. The molecule has 1 aliphatic heterocycles. The van der Waals surface area contributed by atoms with E-state index in [0.717, 1.165) is 29.9 Å². The number of ether oxygens (including phenoxy) is 1. The molecule has 2 aromatic heterocycles. The lowest BCUT2D eigenvalue weighted by atomic mass is 10.2. The Morgan fingerprint density at radius 1 is 1.39 bits per heavy atom. The van der Waals surface area contributed by atoms with Crippen molar-refractivity contribution >= 4 is 23.2 Å². The van der Waals surface area contributed by atoms with E-state index in [1.165, 1.54) is 0 Å². The highest BCUT2D eigenvalue weighted by Gasteiger charge is 2.19. The fourth-order valence-electron chi connectivity index (χ4n) is 2.05. The standard InChI is InChI=1S/C13H14N2O2S/c16-13(17-12-3-5-18-6-4-12)10-1-2-11-7-14-9-15(11)8-10/h1-2,7-9,12H,3-6H2. The molecule has 0 spiro atoms. The highest BCUT2D eigenvalue weighted by Crippen LogP contribution is 2.20. The van der Waals surface area contributed by atoms with Gasteiger partial charge in [-0.25, -0.2) is 9.78 Å². The fourth-order valence-corrected chi connectivity index (χ4v) is 3.12. The summed E-state index contributed by atoms with van der Waals surface area (Å²) in [5.74, 6) is 1.93. The highest BCUT2D eigenvalue weighted by atomic mass is 32.2. The number of thioether (sulfide) groups is 1. The molecule has 0 unspecified atom stereocenters. The molecule has 3 heterocycles. The monoisotopic (exact) mass is 262 g/mol. The zero-order valence-corrected chi connectivity index (χ0v) is 10.7. The van der Waals surface area contributed by atoms with Crippen molar-refractivity contribution in [3.05, 3.63) is 36.4 Å². The van der Waals surface area contributed by atoms with Gasteiger partial charge in [-0.2, -0.15) is 11.8 Å². The Kier molecular flexibility index (Phi) is 3.23. The van der Waals surface area contributed by atoms with Gasteiger partial charge < -0.3 is 9.14 Å². The van der Waals surface area contributed by atoms with Crippen molar-refractivity contribution in [1.29, 1.82) is 0 Å². The number of fused-ring (bicyclic) bond motifs is 1. The predicted octanol–water partition coefficient (Wildman–Crippen LogP) is 2.39. The SMILES string of the molecule is O=C(OC1CCSCC1)c1ccc2cncn2c1. The molecule has 3 rings (SSSR count). The molecule has 0 radical (unpaired) electrons. The van der Waals surface area contributed by atoms with E-state index < -0.39 is 0 Å². The van der Waals surface area contributed by atoms with Gasteiger partial charge >= 0.3 is 5.97 Å². The number of nitrogens with zero attached hydrogens (tertiary/aromatic N) is 2.